The minimum absolute atomic E-state index is 0.104. The molecule has 1 heterocycles. The summed E-state index contributed by atoms with van der Waals surface area (Å²) in [5.74, 6) is 0. The molecule has 2 atom stereocenters. The minimum atomic E-state index is -0.104. The maximum Gasteiger partial charge on any atom is 0.315 e. The Morgan fingerprint density at radius 3 is 2.72 bits per heavy atom. The Labute approximate surface area is 149 Å². The number of carbonyl (C=O) groups is 1. The van der Waals surface area contributed by atoms with Gasteiger partial charge in [-0.1, -0.05) is 30.3 Å². The van der Waals surface area contributed by atoms with Gasteiger partial charge in [-0.15, -0.1) is 0 Å². The predicted octanol–water partition coefficient (Wildman–Crippen LogP) is 2.37. The molecule has 2 N–H and O–H groups in total. The summed E-state index contributed by atoms with van der Waals surface area (Å²) in [4.78, 5) is 14.5. The summed E-state index contributed by atoms with van der Waals surface area (Å²) in [6.45, 7) is 0.466. The third-order valence-corrected chi connectivity index (χ3v) is 4.86. The van der Waals surface area contributed by atoms with Gasteiger partial charge in [0.25, 0.3) is 0 Å². The molecule has 1 fully saturated rings. The van der Waals surface area contributed by atoms with Crippen LogP contribution in [0.15, 0.2) is 36.5 Å². The van der Waals surface area contributed by atoms with Crippen LogP contribution in [0.3, 0.4) is 0 Å². The van der Waals surface area contributed by atoms with Gasteiger partial charge in [0.1, 0.15) is 0 Å². The second-order valence-corrected chi connectivity index (χ2v) is 7.00. The average molecular weight is 341 g/mol. The number of rotatable bonds is 5. The van der Waals surface area contributed by atoms with E-state index >= 15 is 0 Å². The summed E-state index contributed by atoms with van der Waals surface area (Å²) in [5, 5.41) is 10.6. The molecule has 2 amide bonds. The lowest BCUT2D eigenvalue weighted by Crippen LogP contribution is -2.41. The van der Waals surface area contributed by atoms with E-state index in [4.69, 9.17) is 0 Å². The van der Waals surface area contributed by atoms with Gasteiger partial charge in [0.2, 0.25) is 0 Å². The monoisotopic (exact) mass is 341 g/mol. The molecule has 1 aliphatic carbocycles. The van der Waals surface area contributed by atoms with E-state index in [2.05, 4.69) is 34.7 Å². The van der Waals surface area contributed by atoms with Crippen LogP contribution in [0.4, 0.5) is 4.79 Å². The molecule has 134 valence electrons. The van der Waals surface area contributed by atoms with Gasteiger partial charge in [-0.25, -0.2) is 4.79 Å². The summed E-state index contributed by atoms with van der Waals surface area (Å²) in [5.41, 5.74) is 2.99. The zero-order valence-corrected chi connectivity index (χ0v) is 15.2. The molecule has 0 spiro atoms. The first-order valence-electron chi connectivity index (χ1n) is 8.81. The first-order chi connectivity index (χ1) is 12.0. The fourth-order valence-electron chi connectivity index (χ4n) is 3.48. The van der Waals surface area contributed by atoms with E-state index in [1.807, 2.05) is 43.6 Å². The molecular formula is C19H27N5O. The number of aromatic nitrogens is 2. The largest absolute Gasteiger partial charge is 0.335 e. The highest BCUT2D eigenvalue weighted by molar-refractivity contribution is 5.74. The smallest absolute Gasteiger partial charge is 0.315 e. The van der Waals surface area contributed by atoms with Gasteiger partial charge < -0.3 is 15.5 Å². The summed E-state index contributed by atoms with van der Waals surface area (Å²) < 4.78 is 1.79. The standard InChI is InChI=1S/C19H27N5O/c1-23(2)17-10-9-16(11-17)21-19(25)20-12-15-13-24(3)22-18(15)14-7-5-4-6-8-14/h4-8,13,16-17H,9-12H2,1-3H3,(H2,20,21,25)/t16-,17+/m0/s1. The van der Waals surface area contributed by atoms with Crippen LogP contribution in [-0.4, -0.2) is 46.9 Å². The first kappa shape index (κ1) is 17.5. The lowest BCUT2D eigenvalue weighted by Gasteiger charge is -2.19. The first-order valence-corrected chi connectivity index (χ1v) is 8.81. The second-order valence-electron chi connectivity index (χ2n) is 7.00. The topological polar surface area (TPSA) is 62.2 Å². The van der Waals surface area contributed by atoms with Crippen LogP contribution in [0.2, 0.25) is 0 Å². The van der Waals surface area contributed by atoms with E-state index in [1.165, 1.54) is 0 Å². The summed E-state index contributed by atoms with van der Waals surface area (Å²) >= 11 is 0. The fraction of sp³-hybridized carbons (Fsp3) is 0.474. The van der Waals surface area contributed by atoms with Crippen molar-refractivity contribution in [1.82, 2.24) is 25.3 Å². The molecule has 2 aromatic rings. The summed E-state index contributed by atoms with van der Waals surface area (Å²) in [7, 11) is 6.09. The van der Waals surface area contributed by atoms with Crippen molar-refractivity contribution in [1.29, 1.82) is 0 Å². The Morgan fingerprint density at radius 2 is 2.04 bits per heavy atom. The SMILES string of the molecule is CN(C)[C@@H]1CC[C@H](NC(=O)NCc2cn(C)nc2-c2ccccc2)C1. The molecule has 0 bridgehead atoms. The number of nitrogens with zero attached hydrogens (tertiary/aromatic N) is 3. The summed E-state index contributed by atoms with van der Waals surface area (Å²) in [6, 6.07) is 10.8. The molecule has 1 aromatic carbocycles. The van der Waals surface area contributed by atoms with Crippen molar-refractivity contribution in [3.05, 3.63) is 42.1 Å². The number of nitrogens with one attached hydrogen (secondary N) is 2. The van der Waals surface area contributed by atoms with E-state index in [0.717, 1.165) is 36.1 Å². The van der Waals surface area contributed by atoms with Crippen LogP contribution >= 0.6 is 0 Å². The molecule has 1 aromatic heterocycles. The van der Waals surface area contributed by atoms with Crippen molar-refractivity contribution < 1.29 is 4.79 Å². The Hall–Kier alpha value is -2.34. The average Bonchev–Trinajstić information content (AvgIpc) is 3.20. The second kappa shape index (κ2) is 7.70. The number of hydrogen-bond acceptors (Lipinski definition) is 3. The van der Waals surface area contributed by atoms with E-state index in [1.54, 1.807) is 4.68 Å². The van der Waals surface area contributed by atoms with E-state index in [9.17, 15) is 4.79 Å². The number of amides is 2. The lowest BCUT2D eigenvalue weighted by molar-refractivity contribution is 0.235. The van der Waals surface area contributed by atoms with Gasteiger partial charge >= 0.3 is 6.03 Å². The van der Waals surface area contributed by atoms with Gasteiger partial charge in [-0.05, 0) is 33.4 Å². The molecule has 0 saturated heterocycles. The molecule has 6 nitrogen and oxygen atoms in total. The van der Waals surface area contributed by atoms with Gasteiger partial charge in [0.05, 0.1) is 5.69 Å². The Balaban J connectivity index is 1.56. The Morgan fingerprint density at radius 1 is 1.28 bits per heavy atom. The van der Waals surface area contributed by atoms with Crippen molar-refractivity contribution in [3.63, 3.8) is 0 Å². The highest BCUT2D eigenvalue weighted by Gasteiger charge is 2.27. The molecular weight excluding hydrogens is 314 g/mol. The molecule has 3 rings (SSSR count). The maximum absolute atomic E-state index is 12.2. The van der Waals surface area contributed by atoms with Crippen molar-refractivity contribution in [2.45, 2.75) is 37.9 Å². The Kier molecular flexibility index (Phi) is 5.38. The van der Waals surface area contributed by atoms with E-state index in [0.29, 0.717) is 12.6 Å². The molecule has 0 aliphatic heterocycles. The third kappa shape index (κ3) is 4.39. The van der Waals surface area contributed by atoms with Crippen molar-refractivity contribution in [3.8, 4) is 11.3 Å². The van der Waals surface area contributed by atoms with Gasteiger partial charge in [-0.2, -0.15) is 5.10 Å². The van der Waals surface area contributed by atoms with Gasteiger partial charge in [0.15, 0.2) is 0 Å². The summed E-state index contributed by atoms with van der Waals surface area (Å²) in [6.07, 6.45) is 5.15. The number of aryl methyl sites for hydroxylation is 1. The predicted molar refractivity (Wildman–Crippen MR) is 99.1 cm³/mol. The molecule has 0 unspecified atom stereocenters. The van der Waals surface area contributed by atoms with Gasteiger partial charge in [-0.3, -0.25) is 4.68 Å². The maximum atomic E-state index is 12.2. The highest BCUT2D eigenvalue weighted by atomic mass is 16.2. The number of benzene rings is 1. The zero-order chi connectivity index (χ0) is 17.8. The van der Waals surface area contributed by atoms with Crippen LogP contribution in [0, 0.1) is 0 Å². The van der Waals surface area contributed by atoms with E-state index in [-0.39, 0.29) is 12.1 Å². The van der Waals surface area contributed by atoms with Crippen LogP contribution in [-0.2, 0) is 13.6 Å². The van der Waals surface area contributed by atoms with E-state index < -0.39 is 0 Å². The molecule has 25 heavy (non-hydrogen) atoms. The van der Waals surface area contributed by atoms with Crippen LogP contribution in [0.1, 0.15) is 24.8 Å². The van der Waals surface area contributed by atoms with Crippen molar-refractivity contribution in [2.75, 3.05) is 14.1 Å². The molecule has 1 saturated carbocycles. The van der Waals surface area contributed by atoms with Crippen LogP contribution in [0.5, 0.6) is 0 Å². The zero-order valence-electron chi connectivity index (χ0n) is 15.2. The molecule has 6 heteroatoms. The highest BCUT2D eigenvalue weighted by Crippen LogP contribution is 2.23. The van der Waals surface area contributed by atoms with Crippen LogP contribution < -0.4 is 10.6 Å². The quantitative estimate of drug-likeness (QED) is 0.878. The van der Waals surface area contributed by atoms with Crippen molar-refractivity contribution in [2.24, 2.45) is 7.05 Å². The minimum Gasteiger partial charge on any atom is -0.335 e. The normalized spacial score (nSPS) is 20.0. The molecule has 0 radical (unpaired) electrons. The Bertz CT molecular complexity index is 710. The van der Waals surface area contributed by atoms with Gasteiger partial charge in [0, 0.05) is 43.0 Å². The number of carbonyl (C=O) groups excluding carboxylic acids is 1. The number of hydrogen-bond donors (Lipinski definition) is 2. The molecule has 1 aliphatic rings. The lowest BCUT2D eigenvalue weighted by atomic mass is 10.1. The third-order valence-electron chi connectivity index (χ3n) is 4.86. The van der Waals surface area contributed by atoms with Crippen LogP contribution in [0.25, 0.3) is 11.3 Å². The number of urea groups is 1. The fourth-order valence-corrected chi connectivity index (χ4v) is 3.48. The van der Waals surface area contributed by atoms with Crippen molar-refractivity contribution >= 4 is 6.03 Å².